The number of amides is 1. The summed E-state index contributed by atoms with van der Waals surface area (Å²) in [5.74, 6) is 0.703. The van der Waals surface area contributed by atoms with Gasteiger partial charge in [-0.15, -0.1) is 0 Å². The van der Waals surface area contributed by atoms with Gasteiger partial charge in [0.1, 0.15) is 0 Å². The van der Waals surface area contributed by atoms with E-state index < -0.39 is 5.41 Å². The Morgan fingerprint density at radius 3 is 2.79 bits per heavy atom. The van der Waals surface area contributed by atoms with Crippen LogP contribution < -0.4 is 15.9 Å². The Kier molecular flexibility index (Phi) is 4.42. The first-order valence-corrected chi connectivity index (χ1v) is 7.59. The number of aromatic nitrogens is 1. The molecule has 1 aromatic rings. The number of aromatic amines is 1. The van der Waals surface area contributed by atoms with Crippen molar-refractivity contribution < 1.29 is 4.79 Å². The molecule has 0 atom stereocenters. The van der Waals surface area contributed by atoms with Crippen LogP contribution in [0, 0.1) is 11.3 Å². The molecule has 1 heterocycles. The Balaban J connectivity index is 1.95. The second-order valence-electron chi connectivity index (χ2n) is 5.52. The van der Waals surface area contributed by atoms with Gasteiger partial charge in [-0.1, -0.05) is 18.3 Å². The fourth-order valence-corrected chi connectivity index (χ4v) is 3.18. The molecule has 0 unspecified atom stereocenters. The van der Waals surface area contributed by atoms with Crippen LogP contribution in [0.25, 0.3) is 0 Å². The van der Waals surface area contributed by atoms with Crippen LogP contribution in [-0.2, 0) is 11.3 Å². The van der Waals surface area contributed by atoms with Crippen LogP contribution in [0.3, 0.4) is 0 Å². The van der Waals surface area contributed by atoms with E-state index in [0.29, 0.717) is 19.0 Å². The number of hydrogen-bond donors (Lipinski definition) is 3. The minimum Gasteiger partial charge on any atom is -0.350 e. The summed E-state index contributed by atoms with van der Waals surface area (Å²) in [5.41, 5.74) is 6.18. The molecule has 1 aromatic heterocycles. The smallest absolute Gasteiger partial charge is 0.304 e. The fourth-order valence-electron chi connectivity index (χ4n) is 2.60. The second kappa shape index (κ2) is 5.88. The van der Waals surface area contributed by atoms with E-state index in [1.807, 2.05) is 0 Å². The lowest BCUT2D eigenvalue weighted by Gasteiger charge is -2.37. The summed E-state index contributed by atoms with van der Waals surface area (Å²) < 4.78 is 0. The average molecular weight is 283 g/mol. The van der Waals surface area contributed by atoms with Crippen molar-refractivity contribution in [2.24, 2.45) is 17.1 Å². The van der Waals surface area contributed by atoms with Crippen molar-refractivity contribution in [3.63, 3.8) is 0 Å². The van der Waals surface area contributed by atoms with Gasteiger partial charge in [0.05, 0.1) is 12.0 Å². The van der Waals surface area contributed by atoms with E-state index >= 15 is 0 Å². The van der Waals surface area contributed by atoms with Crippen molar-refractivity contribution in [3.8, 4) is 0 Å². The van der Waals surface area contributed by atoms with Crippen LogP contribution in [-0.4, -0.2) is 17.4 Å². The number of nitrogens with two attached hydrogens (primary N) is 1. The Morgan fingerprint density at radius 2 is 2.26 bits per heavy atom. The third kappa shape index (κ3) is 3.25. The van der Waals surface area contributed by atoms with Gasteiger partial charge in [-0.05, 0) is 31.6 Å². The summed E-state index contributed by atoms with van der Waals surface area (Å²) in [6.07, 6.45) is 3.83. The maximum atomic E-state index is 12.4. The standard InChI is InChI=1S/C13H21N3O2S/c1-9-2-4-13(8-14,5-3-9)11(17)15-6-10-7-19-12(18)16-10/h7,9H,2-6,8,14H2,1H3,(H,15,17)(H,16,18). The summed E-state index contributed by atoms with van der Waals surface area (Å²) in [7, 11) is 0. The van der Waals surface area contributed by atoms with Gasteiger partial charge in [0.15, 0.2) is 0 Å². The molecular formula is C13H21N3O2S. The highest BCUT2D eigenvalue weighted by molar-refractivity contribution is 7.07. The van der Waals surface area contributed by atoms with E-state index in [1.54, 1.807) is 5.38 Å². The van der Waals surface area contributed by atoms with Gasteiger partial charge >= 0.3 is 4.87 Å². The van der Waals surface area contributed by atoms with Crippen molar-refractivity contribution in [1.82, 2.24) is 10.3 Å². The van der Waals surface area contributed by atoms with E-state index in [-0.39, 0.29) is 10.8 Å². The molecule has 1 saturated carbocycles. The highest BCUT2D eigenvalue weighted by Gasteiger charge is 2.39. The lowest BCUT2D eigenvalue weighted by Crippen LogP contribution is -2.47. The van der Waals surface area contributed by atoms with Gasteiger partial charge in [-0.3, -0.25) is 9.59 Å². The van der Waals surface area contributed by atoms with Gasteiger partial charge in [0.25, 0.3) is 0 Å². The number of nitrogens with one attached hydrogen (secondary N) is 2. The zero-order valence-electron chi connectivity index (χ0n) is 11.2. The van der Waals surface area contributed by atoms with Gasteiger partial charge in [0.2, 0.25) is 5.91 Å². The zero-order valence-corrected chi connectivity index (χ0v) is 12.0. The summed E-state index contributed by atoms with van der Waals surface area (Å²) >= 11 is 1.11. The molecule has 5 nitrogen and oxygen atoms in total. The molecule has 1 fully saturated rings. The summed E-state index contributed by atoms with van der Waals surface area (Å²) in [6, 6.07) is 0. The van der Waals surface area contributed by atoms with Crippen LogP contribution in [0.1, 0.15) is 38.3 Å². The molecule has 0 radical (unpaired) electrons. The molecule has 1 aliphatic carbocycles. The molecule has 2 rings (SSSR count). The maximum Gasteiger partial charge on any atom is 0.304 e. The minimum atomic E-state index is -0.414. The molecule has 19 heavy (non-hydrogen) atoms. The first-order valence-electron chi connectivity index (χ1n) is 6.71. The van der Waals surface area contributed by atoms with E-state index in [9.17, 15) is 9.59 Å². The number of carbonyl (C=O) groups excluding carboxylic acids is 1. The maximum absolute atomic E-state index is 12.4. The molecule has 106 valence electrons. The lowest BCUT2D eigenvalue weighted by molar-refractivity contribution is -0.133. The molecule has 0 aliphatic heterocycles. The molecule has 0 aromatic carbocycles. The first kappa shape index (κ1) is 14.3. The minimum absolute atomic E-state index is 0.0222. The van der Waals surface area contributed by atoms with E-state index in [0.717, 1.165) is 42.7 Å². The van der Waals surface area contributed by atoms with E-state index in [4.69, 9.17) is 5.73 Å². The molecule has 0 saturated heterocycles. The number of thiazole rings is 1. The summed E-state index contributed by atoms with van der Waals surface area (Å²) in [6.45, 7) is 2.98. The van der Waals surface area contributed by atoms with Gasteiger partial charge in [0, 0.05) is 17.6 Å². The quantitative estimate of drug-likeness (QED) is 0.776. The molecule has 6 heteroatoms. The topological polar surface area (TPSA) is 88.0 Å². The molecule has 4 N–H and O–H groups in total. The van der Waals surface area contributed by atoms with Crippen LogP contribution in [0.2, 0.25) is 0 Å². The molecular weight excluding hydrogens is 262 g/mol. The van der Waals surface area contributed by atoms with Crippen LogP contribution in [0.5, 0.6) is 0 Å². The van der Waals surface area contributed by atoms with E-state index in [2.05, 4.69) is 17.2 Å². The van der Waals surface area contributed by atoms with E-state index in [1.165, 1.54) is 0 Å². The molecule has 0 spiro atoms. The average Bonchev–Trinajstić information content (AvgIpc) is 2.83. The Labute approximate surface area is 116 Å². The second-order valence-corrected chi connectivity index (χ2v) is 6.37. The van der Waals surface area contributed by atoms with Gasteiger partial charge < -0.3 is 16.0 Å². The number of rotatable bonds is 4. The third-order valence-electron chi connectivity index (χ3n) is 4.11. The molecule has 1 amide bonds. The predicted octanol–water partition coefficient (Wildman–Crippen LogP) is 1.21. The summed E-state index contributed by atoms with van der Waals surface area (Å²) in [5, 5.41) is 4.64. The van der Waals surface area contributed by atoms with Crippen LogP contribution in [0.15, 0.2) is 10.2 Å². The van der Waals surface area contributed by atoms with Crippen molar-refractivity contribution in [1.29, 1.82) is 0 Å². The molecule has 0 bridgehead atoms. The van der Waals surface area contributed by atoms with Gasteiger partial charge in [-0.2, -0.15) is 0 Å². The highest BCUT2D eigenvalue weighted by Crippen LogP contribution is 2.38. The lowest BCUT2D eigenvalue weighted by atomic mass is 9.70. The largest absolute Gasteiger partial charge is 0.350 e. The Bertz CT molecular complexity index is 486. The Hall–Kier alpha value is -1.14. The molecule has 1 aliphatic rings. The third-order valence-corrected chi connectivity index (χ3v) is 4.83. The summed E-state index contributed by atoms with van der Waals surface area (Å²) in [4.78, 5) is 26.0. The zero-order chi connectivity index (χ0) is 13.9. The van der Waals surface area contributed by atoms with Gasteiger partial charge in [-0.25, -0.2) is 0 Å². The number of hydrogen-bond acceptors (Lipinski definition) is 4. The normalized spacial score (nSPS) is 27.2. The van der Waals surface area contributed by atoms with Crippen LogP contribution >= 0.6 is 11.3 Å². The SMILES string of the molecule is CC1CCC(CN)(C(=O)NCc2csc(=O)[nH]2)CC1. The predicted molar refractivity (Wildman–Crippen MR) is 75.9 cm³/mol. The van der Waals surface area contributed by atoms with Crippen molar-refractivity contribution >= 4 is 17.2 Å². The Morgan fingerprint density at radius 1 is 1.58 bits per heavy atom. The van der Waals surface area contributed by atoms with Crippen molar-refractivity contribution in [2.45, 2.75) is 39.2 Å². The van der Waals surface area contributed by atoms with Crippen LogP contribution in [0.4, 0.5) is 0 Å². The van der Waals surface area contributed by atoms with Crippen molar-refractivity contribution in [3.05, 3.63) is 20.7 Å². The number of H-pyrrole nitrogens is 1. The van der Waals surface area contributed by atoms with Crippen molar-refractivity contribution in [2.75, 3.05) is 6.54 Å². The monoisotopic (exact) mass is 283 g/mol. The first-order chi connectivity index (χ1) is 9.05. The highest BCUT2D eigenvalue weighted by atomic mass is 32.1. The fraction of sp³-hybridized carbons (Fsp3) is 0.692. The number of carbonyl (C=O) groups is 1.